The summed E-state index contributed by atoms with van der Waals surface area (Å²) in [6, 6.07) is 10.3. The van der Waals surface area contributed by atoms with Gasteiger partial charge in [-0.15, -0.1) is 0 Å². The van der Waals surface area contributed by atoms with Crippen LogP contribution in [-0.4, -0.2) is 65.0 Å². The topological polar surface area (TPSA) is 72.9 Å². The number of amides is 1. The Morgan fingerprint density at radius 2 is 1.92 bits per heavy atom. The number of carboxylic acids is 1. The fourth-order valence-electron chi connectivity index (χ4n) is 3.21. The Morgan fingerprint density at radius 3 is 2.48 bits per heavy atom. The monoisotopic (exact) mass is 347 g/mol. The molecule has 0 spiro atoms. The van der Waals surface area contributed by atoms with Crippen LogP contribution in [0.4, 0.5) is 0 Å². The Labute approximate surface area is 149 Å². The maximum Gasteiger partial charge on any atom is 0.317 e. The standard InChI is InChI=1S/C19H29N3O3/c1-4-22(13-18(23)24)17-10-16(11-17)20-19(25)14(2)21(3)12-15-8-6-5-7-9-15/h5-9,14,16-17H,4,10-13H2,1-3H3,(H,20,25)(H,23,24). The number of aliphatic carboxylic acids is 1. The first kappa shape index (κ1) is 19.4. The molecule has 0 bridgehead atoms. The number of rotatable bonds is 9. The van der Waals surface area contributed by atoms with Gasteiger partial charge < -0.3 is 10.4 Å². The van der Waals surface area contributed by atoms with Crippen molar-refractivity contribution in [1.82, 2.24) is 15.1 Å². The summed E-state index contributed by atoms with van der Waals surface area (Å²) in [6.07, 6.45) is 1.64. The lowest BCUT2D eigenvalue weighted by atomic mass is 9.85. The second-order valence-corrected chi connectivity index (χ2v) is 6.86. The van der Waals surface area contributed by atoms with E-state index in [1.165, 1.54) is 5.56 Å². The first-order valence-corrected chi connectivity index (χ1v) is 8.91. The van der Waals surface area contributed by atoms with E-state index in [4.69, 9.17) is 5.11 Å². The molecule has 0 aliphatic heterocycles. The number of carboxylic acid groups (broad SMARTS) is 1. The molecular formula is C19H29N3O3. The minimum atomic E-state index is -0.800. The number of nitrogens with one attached hydrogen (secondary N) is 1. The lowest BCUT2D eigenvalue weighted by Crippen LogP contribution is -2.57. The van der Waals surface area contributed by atoms with E-state index >= 15 is 0 Å². The number of hydrogen-bond acceptors (Lipinski definition) is 4. The SMILES string of the molecule is CCN(CC(=O)O)C1CC(NC(=O)C(C)N(C)Cc2ccccc2)C1. The smallest absolute Gasteiger partial charge is 0.317 e. The van der Waals surface area contributed by atoms with Crippen LogP contribution < -0.4 is 5.32 Å². The summed E-state index contributed by atoms with van der Waals surface area (Å²) in [7, 11) is 1.95. The molecule has 0 aromatic heterocycles. The lowest BCUT2D eigenvalue weighted by Gasteiger charge is -2.42. The van der Waals surface area contributed by atoms with Gasteiger partial charge in [-0.2, -0.15) is 0 Å². The van der Waals surface area contributed by atoms with Gasteiger partial charge in [0.05, 0.1) is 12.6 Å². The zero-order valence-corrected chi connectivity index (χ0v) is 15.3. The molecule has 25 heavy (non-hydrogen) atoms. The van der Waals surface area contributed by atoms with Crippen LogP contribution in [0.3, 0.4) is 0 Å². The highest BCUT2D eigenvalue weighted by Crippen LogP contribution is 2.25. The second kappa shape index (κ2) is 8.97. The van der Waals surface area contributed by atoms with Crippen molar-refractivity contribution in [2.75, 3.05) is 20.1 Å². The van der Waals surface area contributed by atoms with E-state index in [1.54, 1.807) is 0 Å². The Morgan fingerprint density at radius 1 is 1.28 bits per heavy atom. The quantitative estimate of drug-likeness (QED) is 0.709. The van der Waals surface area contributed by atoms with Gasteiger partial charge in [-0.05, 0) is 38.9 Å². The summed E-state index contributed by atoms with van der Waals surface area (Å²) in [5.41, 5.74) is 1.18. The van der Waals surface area contributed by atoms with Crippen LogP contribution in [0.5, 0.6) is 0 Å². The van der Waals surface area contributed by atoms with Crippen molar-refractivity contribution < 1.29 is 14.7 Å². The lowest BCUT2D eigenvalue weighted by molar-refractivity contribution is -0.140. The Balaban J connectivity index is 1.76. The average molecular weight is 347 g/mol. The van der Waals surface area contributed by atoms with Gasteiger partial charge in [0.25, 0.3) is 0 Å². The predicted octanol–water partition coefficient (Wildman–Crippen LogP) is 1.56. The average Bonchev–Trinajstić information content (AvgIpc) is 2.55. The Kier molecular flexibility index (Phi) is 6.96. The molecule has 1 aliphatic carbocycles. The van der Waals surface area contributed by atoms with Crippen molar-refractivity contribution in [2.24, 2.45) is 0 Å². The molecule has 1 aromatic carbocycles. The maximum absolute atomic E-state index is 12.4. The zero-order chi connectivity index (χ0) is 18.4. The molecule has 6 heteroatoms. The summed E-state index contributed by atoms with van der Waals surface area (Å²) in [4.78, 5) is 27.3. The van der Waals surface area contributed by atoms with Crippen LogP contribution in [0.1, 0.15) is 32.3 Å². The molecule has 138 valence electrons. The van der Waals surface area contributed by atoms with E-state index in [2.05, 4.69) is 17.4 Å². The fraction of sp³-hybridized carbons (Fsp3) is 0.579. The van der Waals surface area contributed by atoms with Gasteiger partial charge in [0.2, 0.25) is 5.91 Å². The van der Waals surface area contributed by atoms with E-state index in [1.807, 2.05) is 48.9 Å². The van der Waals surface area contributed by atoms with Crippen LogP contribution in [0, 0.1) is 0 Å². The van der Waals surface area contributed by atoms with Crippen LogP contribution in [0.15, 0.2) is 30.3 Å². The molecule has 6 nitrogen and oxygen atoms in total. The van der Waals surface area contributed by atoms with E-state index in [9.17, 15) is 9.59 Å². The normalized spacial score (nSPS) is 21.0. The Bertz CT molecular complexity index is 573. The number of hydrogen-bond donors (Lipinski definition) is 2. The second-order valence-electron chi connectivity index (χ2n) is 6.86. The van der Waals surface area contributed by atoms with Crippen LogP contribution in [0.25, 0.3) is 0 Å². The highest BCUT2D eigenvalue weighted by Gasteiger charge is 2.35. The molecule has 1 atom stereocenters. The van der Waals surface area contributed by atoms with Crippen molar-refractivity contribution in [2.45, 2.75) is 51.4 Å². The van der Waals surface area contributed by atoms with Crippen LogP contribution in [-0.2, 0) is 16.1 Å². The van der Waals surface area contributed by atoms with E-state index in [-0.39, 0.29) is 30.6 Å². The van der Waals surface area contributed by atoms with Crippen molar-refractivity contribution in [1.29, 1.82) is 0 Å². The molecule has 2 rings (SSSR count). The largest absolute Gasteiger partial charge is 0.480 e. The molecule has 0 saturated heterocycles. The minimum absolute atomic E-state index is 0.0307. The number of likely N-dealkylation sites (N-methyl/N-ethyl adjacent to an activating group) is 2. The number of carbonyl (C=O) groups is 2. The number of benzene rings is 1. The number of nitrogens with zero attached hydrogens (tertiary/aromatic N) is 2. The highest BCUT2D eigenvalue weighted by molar-refractivity contribution is 5.81. The van der Waals surface area contributed by atoms with E-state index < -0.39 is 5.97 Å². The van der Waals surface area contributed by atoms with Crippen molar-refractivity contribution in [3.8, 4) is 0 Å². The van der Waals surface area contributed by atoms with E-state index in [0.717, 1.165) is 19.4 Å². The summed E-state index contributed by atoms with van der Waals surface area (Å²) in [6.45, 7) is 5.39. The van der Waals surface area contributed by atoms with Crippen molar-refractivity contribution in [3.05, 3.63) is 35.9 Å². The first-order valence-electron chi connectivity index (χ1n) is 8.91. The van der Waals surface area contributed by atoms with Crippen LogP contribution in [0.2, 0.25) is 0 Å². The molecule has 1 aliphatic rings. The first-order chi connectivity index (χ1) is 11.9. The minimum Gasteiger partial charge on any atom is -0.480 e. The van der Waals surface area contributed by atoms with Gasteiger partial charge in [-0.1, -0.05) is 37.3 Å². The highest BCUT2D eigenvalue weighted by atomic mass is 16.4. The zero-order valence-electron chi connectivity index (χ0n) is 15.3. The fourth-order valence-corrected chi connectivity index (χ4v) is 3.21. The molecular weight excluding hydrogens is 318 g/mol. The molecule has 1 amide bonds. The van der Waals surface area contributed by atoms with Gasteiger partial charge >= 0.3 is 5.97 Å². The summed E-state index contributed by atoms with van der Waals surface area (Å²) >= 11 is 0. The maximum atomic E-state index is 12.4. The molecule has 1 fully saturated rings. The molecule has 0 heterocycles. The van der Waals surface area contributed by atoms with Gasteiger partial charge in [0, 0.05) is 18.6 Å². The van der Waals surface area contributed by atoms with Crippen molar-refractivity contribution >= 4 is 11.9 Å². The van der Waals surface area contributed by atoms with E-state index in [0.29, 0.717) is 6.54 Å². The third kappa shape index (κ3) is 5.54. The number of carbonyl (C=O) groups excluding carboxylic acids is 1. The van der Waals surface area contributed by atoms with Gasteiger partial charge in [-0.3, -0.25) is 19.4 Å². The molecule has 0 radical (unpaired) electrons. The van der Waals surface area contributed by atoms with Gasteiger partial charge in [0.15, 0.2) is 0 Å². The summed E-state index contributed by atoms with van der Waals surface area (Å²) in [5, 5.41) is 12.0. The predicted molar refractivity (Wildman–Crippen MR) is 97.2 cm³/mol. The van der Waals surface area contributed by atoms with Gasteiger partial charge in [-0.25, -0.2) is 0 Å². The molecule has 1 aromatic rings. The summed E-state index contributed by atoms with van der Waals surface area (Å²) < 4.78 is 0. The molecule has 1 unspecified atom stereocenters. The van der Waals surface area contributed by atoms with Gasteiger partial charge in [0.1, 0.15) is 0 Å². The Hall–Kier alpha value is -1.92. The third-order valence-electron chi connectivity index (χ3n) is 5.04. The molecule has 2 N–H and O–H groups in total. The van der Waals surface area contributed by atoms with Crippen LogP contribution >= 0.6 is 0 Å². The molecule has 1 saturated carbocycles. The summed E-state index contributed by atoms with van der Waals surface area (Å²) in [5.74, 6) is -0.770. The van der Waals surface area contributed by atoms with Crippen molar-refractivity contribution in [3.63, 3.8) is 0 Å². The third-order valence-corrected chi connectivity index (χ3v) is 5.04.